The summed E-state index contributed by atoms with van der Waals surface area (Å²) in [6.07, 6.45) is 1.17. The van der Waals surface area contributed by atoms with Crippen LogP contribution in [0.5, 0.6) is 0 Å². The lowest BCUT2D eigenvalue weighted by atomic mass is 10.1. The van der Waals surface area contributed by atoms with Gasteiger partial charge in [-0.1, -0.05) is 49.0 Å². The number of amides is 2. The molecular weight excluding hydrogens is 264 g/mol. The van der Waals surface area contributed by atoms with Crippen molar-refractivity contribution in [3.05, 3.63) is 78.4 Å². The zero-order valence-electron chi connectivity index (χ0n) is 11.5. The van der Waals surface area contributed by atoms with Crippen molar-refractivity contribution in [1.82, 2.24) is 5.32 Å². The topological polar surface area (TPSA) is 58.2 Å². The first-order valence-corrected chi connectivity index (χ1v) is 6.55. The normalized spacial score (nSPS) is 9.71. The average molecular weight is 280 g/mol. The minimum Gasteiger partial charge on any atom is -0.348 e. The second-order valence-electron chi connectivity index (χ2n) is 4.41. The van der Waals surface area contributed by atoms with Gasteiger partial charge in [-0.2, -0.15) is 0 Å². The highest BCUT2D eigenvalue weighted by Crippen LogP contribution is 2.15. The predicted octanol–water partition coefficient (Wildman–Crippen LogP) is 2.74. The Morgan fingerprint density at radius 1 is 1.00 bits per heavy atom. The van der Waals surface area contributed by atoms with Gasteiger partial charge in [0, 0.05) is 6.54 Å². The molecule has 0 bridgehead atoms. The van der Waals surface area contributed by atoms with Crippen molar-refractivity contribution < 1.29 is 9.59 Å². The Morgan fingerprint density at radius 3 is 2.38 bits per heavy atom. The second kappa shape index (κ2) is 7.05. The van der Waals surface area contributed by atoms with Crippen molar-refractivity contribution in [3.63, 3.8) is 0 Å². The van der Waals surface area contributed by atoms with Gasteiger partial charge in [-0.15, -0.1) is 0 Å². The Morgan fingerprint density at radius 2 is 1.67 bits per heavy atom. The van der Waals surface area contributed by atoms with Gasteiger partial charge in [0.1, 0.15) is 0 Å². The van der Waals surface area contributed by atoms with Gasteiger partial charge in [0.2, 0.25) is 5.91 Å². The molecule has 0 saturated heterocycles. The highest BCUT2D eigenvalue weighted by molar-refractivity contribution is 6.06. The minimum atomic E-state index is -0.349. The molecule has 2 N–H and O–H groups in total. The molecule has 4 heteroatoms. The third-order valence-corrected chi connectivity index (χ3v) is 2.91. The molecule has 2 aromatic carbocycles. The van der Waals surface area contributed by atoms with Crippen LogP contribution in [0.2, 0.25) is 0 Å². The number of nitrogens with one attached hydrogen (secondary N) is 2. The van der Waals surface area contributed by atoms with E-state index >= 15 is 0 Å². The van der Waals surface area contributed by atoms with E-state index in [1.165, 1.54) is 6.08 Å². The molecule has 0 aliphatic rings. The Bertz CT molecular complexity index is 651. The number of anilines is 1. The predicted molar refractivity (Wildman–Crippen MR) is 82.9 cm³/mol. The first kappa shape index (κ1) is 14.5. The summed E-state index contributed by atoms with van der Waals surface area (Å²) in [5, 5.41) is 5.45. The van der Waals surface area contributed by atoms with Crippen molar-refractivity contribution in [2.24, 2.45) is 0 Å². The first-order chi connectivity index (χ1) is 10.2. The Hall–Kier alpha value is -2.88. The summed E-state index contributed by atoms with van der Waals surface area (Å²) in [7, 11) is 0. The van der Waals surface area contributed by atoms with Crippen molar-refractivity contribution >= 4 is 17.5 Å². The van der Waals surface area contributed by atoms with Gasteiger partial charge < -0.3 is 10.6 Å². The molecule has 0 saturated carbocycles. The molecule has 2 rings (SSSR count). The fourth-order valence-corrected chi connectivity index (χ4v) is 1.85. The molecule has 0 radical (unpaired) electrons. The molecule has 106 valence electrons. The Kier molecular flexibility index (Phi) is 4.88. The highest BCUT2D eigenvalue weighted by Gasteiger charge is 2.11. The lowest BCUT2D eigenvalue weighted by molar-refractivity contribution is -0.111. The van der Waals surface area contributed by atoms with Crippen LogP contribution in [-0.2, 0) is 11.3 Å². The summed E-state index contributed by atoms with van der Waals surface area (Å²) < 4.78 is 0. The smallest absolute Gasteiger partial charge is 0.253 e. The second-order valence-corrected chi connectivity index (χ2v) is 4.41. The zero-order chi connectivity index (χ0) is 15.1. The zero-order valence-corrected chi connectivity index (χ0v) is 11.5. The van der Waals surface area contributed by atoms with Gasteiger partial charge >= 0.3 is 0 Å². The quantitative estimate of drug-likeness (QED) is 0.827. The molecule has 4 nitrogen and oxygen atoms in total. The van der Waals surface area contributed by atoms with Crippen LogP contribution in [0, 0.1) is 0 Å². The van der Waals surface area contributed by atoms with Gasteiger partial charge in [0.25, 0.3) is 5.91 Å². The standard InChI is InChI=1S/C17H16N2O2/c1-2-16(20)19-15-11-7-6-10-14(15)17(21)18-12-13-8-4-3-5-9-13/h2-11H,1,12H2,(H,18,21)(H,19,20). The van der Waals surface area contributed by atoms with Crippen molar-refractivity contribution in [1.29, 1.82) is 0 Å². The van der Waals surface area contributed by atoms with E-state index < -0.39 is 0 Å². The van der Waals surface area contributed by atoms with Crippen LogP contribution in [-0.4, -0.2) is 11.8 Å². The molecule has 0 aromatic heterocycles. The maximum atomic E-state index is 12.2. The van der Waals surface area contributed by atoms with E-state index in [1.807, 2.05) is 30.3 Å². The SMILES string of the molecule is C=CC(=O)Nc1ccccc1C(=O)NCc1ccccc1. The summed E-state index contributed by atoms with van der Waals surface area (Å²) in [5.41, 5.74) is 1.90. The molecule has 0 aliphatic carbocycles. The van der Waals surface area contributed by atoms with E-state index in [4.69, 9.17) is 0 Å². The monoisotopic (exact) mass is 280 g/mol. The molecular formula is C17H16N2O2. The fourth-order valence-electron chi connectivity index (χ4n) is 1.85. The number of rotatable bonds is 5. The van der Waals surface area contributed by atoms with Gasteiger partial charge in [-0.25, -0.2) is 0 Å². The molecule has 0 aliphatic heterocycles. The maximum absolute atomic E-state index is 12.2. The molecule has 0 fully saturated rings. The molecule has 21 heavy (non-hydrogen) atoms. The van der Waals surface area contributed by atoms with Gasteiger partial charge in [-0.05, 0) is 23.8 Å². The Labute approximate surface area is 123 Å². The van der Waals surface area contributed by atoms with Crippen LogP contribution in [0.15, 0.2) is 67.3 Å². The molecule has 0 unspecified atom stereocenters. The molecule has 0 spiro atoms. The van der Waals surface area contributed by atoms with E-state index in [9.17, 15) is 9.59 Å². The van der Waals surface area contributed by atoms with E-state index in [0.717, 1.165) is 5.56 Å². The third-order valence-electron chi connectivity index (χ3n) is 2.91. The van der Waals surface area contributed by atoms with E-state index in [0.29, 0.717) is 17.8 Å². The lowest BCUT2D eigenvalue weighted by Gasteiger charge is -2.10. The first-order valence-electron chi connectivity index (χ1n) is 6.55. The van der Waals surface area contributed by atoms with Gasteiger partial charge in [-0.3, -0.25) is 9.59 Å². The third kappa shape index (κ3) is 4.04. The number of carbonyl (C=O) groups is 2. The minimum absolute atomic E-state index is 0.237. The van der Waals surface area contributed by atoms with Crippen LogP contribution in [0.25, 0.3) is 0 Å². The van der Waals surface area contributed by atoms with Crippen LogP contribution in [0.3, 0.4) is 0 Å². The summed E-state index contributed by atoms with van der Waals surface area (Å²) >= 11 is 0. The van der Waals surface area contributed by atoms with E-state index in [2.05, 4.69) is 17.2 Å². The van der Waals surface area contributed by atoms with Crippen molar-refractivity contribution in [3.8, 4) is 0 Å². The van der Waals surface area contributed by atoms with Crippen LogP contribution >= 0.6 is 0 Å². The summed E-state index contributed by atoms with van der Waals surface area (Å²) in [6.45, 7) is 3.83. The summed E-state index contributed by atoms with van der Waals surface area (Å²) in [4.78, 5) is 23.6. The number of benzene rings is 2. The van der Waals surface area contributed by atoms with Crippen LogP contribution in [0.4, 0.5) is 5.69 Å². The molecule has 2 aromatic rings. The number of para-hydroxylation sites is 1. The number of hydrogen-bond donors (Lipinski definition) is 2. The fraction of sp³-hybridized carbons (Fsp3) is 0.0588. The maximum Gasteiger partial charge on any atom is 0.253 e. The van der Waals surface area contributed by atoms with Crippen LogP contribution < -0.4 is 10.6 Å². The molecule has 2 amide bonds. The van der Waals surface area contributed by atoms with Crippen molar-refractivity contribution in [2.75, 3.05) is 5.32 Å². The molecule has 0 atom stereocenters. The molecule has 0 heterocycles. The lowest BCUT2D eigenvalue weighted by Crippen LogP contribution is -2.24. The Balaban J connectivity index is 2.08. The highest BCUT2D eigenvalue weighted by atomic mass is 16.2. The number of hydrogen-bond acceptors (Lipinski definition) is 2. The van der Waals surface area contributed by atoms with Gasteiger partial charge in [0.15, 0.2) is 0 Å². The van der Waals surface area contributed by atoms with E-state index in [-0.39, 0.29) is 11.8 Å². The van der Waals surface area contributed by atoms with Crippen molar-refractivity contribution in [2.45, 2.75) is 6.54 Å². The largest absolute Gasteiger partial charge is 0.348 e. The summed E-state index contributed by atoms with van der Waals surface area (Å²) in [6, 6.07) is 16.5. The average Bonchev–Trinajstić information content (AvgIpc) is 2.54. The van der Waals surface area contributed by atoms with Crippen LogP contribution in [0.1, 0.15) is 15.9 Å². The summed E-state index contributed by atoms with van der Waals surface area (Å²) in [5.74, 6) is -0.586. The number of carbonyl (C=O) groups excluding carboxylic acids is 2. The van der Waals surface area contributed by atoms with E-state index in [1.54, 1.807) is 24.3 Å². The van der Waals surface area contributed by atoms with Gasteiger partial charge in [0.05, 0.1) is 11.3 Å².